The minimum absolute atomic E-state index is 0.302. The van der Waals surface area contributed by atoms with Crippen LogP contribution < -0.4 is 0 Å². The number of aliphatic imine (C=N–C) groups is 1. The summed E-state index contributed by atoms with van der Waals surface area (Å²) in [5.41, 5.74) is 0. The fraction of sp³-hybridized carbons (Fsp3) is 0.500. The lowest BCUT2D eigenvalue weighted by Crippen LogP contribution is -1.91. The summed E-state index contributed by atoms with van der Waals surface area (Å²) < 4.78 is 5.37. The topological polar surface area (TPSA) is 21.6 Å². The van der Waals surface area contributed by atoms with Crippen LogP contribution >= 0.6 is 8.15 Å². The van der Waals surface area contributed by atoms with E-state index in [1.165, 1.54) is 0 Å². The van der Waals surface area contributed by atoms with E-state index in [0.29, 0.717) is 0 Å². The third kappa shape index (κ3) is 2.25. The Morgan fingerprint density at radius 2 is 2.67 bits per heavy atom. The number of rotatable bonds is 2. The summed E-state index contributed by atoms with van der Waals surface area (Å²) in [6.07, 6.45) is 4.70. The van der Waals surface area contributed by atoms with E-state index in [4.69, 9.17) is 4.52 Å². The molecule has 1 unspecified atom stereocenters. The molecule has 1 aliphatic heterocycles. The molecule has 50 valence electrons. The van der Waals surface area contributed by atoms with Gasteiger partial charge in [0, 0.05) is 25.2 Å². The molecule has 0 aromatic carbocycles. The second-order valence-corrected chi connectivity index (χ2v) is 3.40. The summed E-state index contributed by atoms with van der Waals surface area (Å²) in [5, 5.41) is 0. The molecular formula is C6H10NOP. The molecule has 9 heavy (non-hydrogen) atoms. The summed E-state index contributed by atoms with van der Waals surface area (Å²) in [6, 6.07) is 0. The average Bonchev–Trinajstić information content (AvgIpc) is 1.91. The Balaban J connectivity index is 2.28. The molecule has 1 rings (SSSR count). The molecule has 0 N–H and O–H groups in total. The monoisotopic (exact) mass is 143 g/mol. The van der Waals surface area contributed by atoms with Crippen LogP contribution in [-0.2, 0) is 4.52 Å². The Morgan fingerprint density at radius 1 is 1.78 bits per heavy atom. The van der Waals surface area contributed by atoms with E-state index in [9.17, 15) is 0 Å². The number of hydrogen-bond donors (Lipinski definition) is 0. The van der Waals surface area contributed by atoms with Crippen molar-refractivity contribution in [2.75, 3.05) is 12.8 Å². The lowest BCUT2D eigenvalue weighted by atomic mass is 10.8. The molecule has 0 aromatic heterocycles. The minimum Gasteiger partial charge on any atom is -0.355 e. The van der Waals surface area contributed by atoms with Crippen molar-refractivity contribution < 1.29 is 4.52 Å². The largest absolute Gasteiger partial charge is 0.355 e. The first-order valence-electron chi connectivity index (χ1n) is 3.01. The van der Waals surface area contributed by atoms with Gasteiger partial charge in [-0.1, -0.05) is 0 Å². The van der Waals surface area contributed by atoms with Crippen molar-refractivity contribution in [2.24, 2.45) is 4.99 Å². The molecular weight excluding hydrogens is 133 g/mol. The molecule has 0 bridgehead atoms. The van der Waals surface area contributed by atoms with E-state index >= 15 is 0 Å². The zero-order valence-electron chi connectivity index (χ0n) is 5.45. The van der Waals surface area contributed by atoms with Gasteiger partial charge in [-0.25, -0.2) is 0 Å². The first kappa shape index (κ1) is 6.91. The van der Waals surface area contributed by atoms with Crippen LogP contribution in [0.2, 0.25) is 0 Å². The van der Waals surface area contributed by atoms with Crippen molar-refractivity contribution in [1.29, 1.82) is 0 Å². The highest BCUT2D eigenvalue weighted by Gasteiger charge is 2.02. The van der Waals surface area contributed by atoms with Gasteiger partial charge >= 0.3 is 0 Å². The van der Waals surface area contributed by atoms with Crippen molar-refractivity contribution in [3.63, 3.8) is 0 Å². The average molecular weight is 143 g/mol. The van der Waals surface area contributed by atoms with E-state index in [1.54, 1.807) is 0 Å². The molecule has 0 aliphatic carbocycles. The van der Waals surface area contributed by atoms with Crippen LogP contribution in [0.1, 0.15) is 6.92 Å². The third-order valence-corrected chi connectivity index (χ3v) is 2.56. The molecule has 0 spiro atoms. The van der Waals surface area contributed by atoms with E-state index in [1.807, 2.05) is 25.2 Å². The highest BCUT2D eigenvalue weighted by molar-refractivity contribution is 7.56. The second kappa shape index (κ2) is 3.76. The molecule has 1 aliphatic rings. The maximum atomic E-state index is 5.37. The second-order valence-electron chi connectivity index (χ2n) is 1.65. The SMILES string of the molecule is CCOP1C=CN=CC1. The molecule has 0 amide bonds. The van der Waals surface area contributed by atoms with Gasteiger partial charge in [0.2, 0.25) is 0 Å². The first-order chi connectivity index (χ1) is 4.43. The fourth-order valence-corrected chi connectivity index (χ4v) is 1.75. The van der Waals surface area contributed by atoms with Gasteiger partial charge in [0.05, 0.1) is 8.15 Å². The number of nitrogens with zero attached hydrogens (tertiary/aromatic N) is 1. The third-order valence-electron chi connectivity index (χ3n) is 0.981. The van der Waals surface area contributed by atoms with Gasteiger partial charge < -0.3 is 4.52 Å². The normalized spacial score (nSPS) is 24.8. The molecule has 0 saturated heterocycles. The van der Waals surface area contributed by atoms with Crippen LogP contribution in [0.3, 0.4) is 0 Å². The molecule has 2 nitrogen and oxygen atoms in total. The molecule has 0 saturated carbocycles. The summed E-state index contributed by atoms with van der Waals surface area (Å²) in [7, 11) is -0.302. The Bertz CT molecular complexity index is 133. The zero-order chi connectivity index (χ0) is 6.53. The van der Waals surface area contributed by atoms with Crippen molar-refractivity contribution >= 4 is 14.4 Å². The standard InChI is InChI=1S/C6H10NOP/c1-2-8-9-5-3-7-4-6-9/h3-5H,2,6H2,1H3. The van der Waals surface area contributed by atoms with E-state index in [2.05, 4.69) is 4.99 Å². The van der Waals surface area contributed by atoms with Crippen molar-refractivity contribution in [1.82, 2.24) is 0 Å². The lowest BCUT2D eigenvalue weighted by molar-refractivity contribution is 0.384. The summed E-state index contributed by atoms with van der Waals surface area (Å²) in [5.74, 6) is 2.04. The van der Waals surface area contributed by atoms with Crippen molar-refractivity contribution in [3.05, 3.63) is 12.0 Å². The Labute approximate surface area is 56.5 Å². The quantitative estimate of drug-likeness (QED) is 0.541. The van der Waals surface area contributed by atoms with Crippen LogP contribution in [0.25, 0.3) is 0 Å². The Hall–Kier alpha value is -0.200. The predicted molar refractivity (Wildman–Crippen MR) is 41.0 cm³/mol. The summed E-state index contributed by atoms with van der Waals surface area (Å²) >= 11 is 0. The molecule has 0 radical (unpaired) electrons. The maximum Gasteiger partial charge on any atom is 0.0599 e. The molecule has 1 heterocycles. The van der Waals surface area contributed by atoms with Gasteiger partial charge in [0.25, 0.3) is 0 Å². The van der Waals surface area contributed by atoms with E-state index < -0.39 is 0 Å². The van der Waals surface area contributed by atoms with Gasteiger partial charge in [0.15, 0.2) is 0 Å². The van der Waals surface area contributed by atoms with Crippen LogP contribution in [0.4, 0.5) is 0 Å². The van der Waals surface area contributed by atoms with Crippen molar-refractivity contribution in [3.8, 4) is 0 Å². The Morgan fingerprint density at radius 3 is 3.22 bits per heavy atom. The molecule has 3 heteroatoms. The van der Waals surface area contributed by atoms with Gasteiger partial charge in [0.1, 0.15) is 0 Å². The Kier molecular flexibility index (Phi) is 2.88. The zero-order valence-corrected chi connectivity index (χ0v) is 6.34. The summed E-state index contributed by atoms with van der Waals surface area (Å²) in [6.45, 7) is 2.83. The minimum atomic E-state index is -0.302. The lowest BCUT2D eigenvalue weighted by Gasteiger charge is -2.10. The fourth-order valence-electron chi connectivity index (χ4n) is 0.624. The summed E-state index contributed by atoms with van der Waals surface area (Å²) in [4.78, 5) is 3.94. The molecule has 1 atom stereocenters. The van der Waals surface area contributed by atoms with Crippen molar-refractivity contribution in [2.45, 2.75) is 6.92 Å². The van der Waals surface area contributed by atoms with Crippen LogP contribution in [0.15, 0.2) is 17.0 Å². The maximum absolute atomic E-state index is 5.37. The highest BCUT2D eigenvalue weighted by Crippen LogP contribution is 2.38. The van der Waals surface area contributed by atoms with Gasteiger partial charge in [-0.2, -0.15) is 0 Å². The smallest absolute Gasteiger partial charge is 0.0599 e. The van der Waals surface area contributed by atoms with Gasteiger partial charge in [-0.05, 0) is 12.7 Å². The van der Waals surface area contributed by atoms with Gasteiger partial charge in [-0.3, -0.25) is 4.99 Å². The van der Waals surface area contributed by atoms with Crippen LogP contribution in [0, 0.1) is 0 Å². The predicted octanol–water partition coefficient (Wildman–Crippen LogP) is 1.98. The van der Waals surface area contributed by atoms with Crippen LogP contribution in [-0.4, -0.2) is 19.0 Å². The van der Waals surface area contributed by atoms with Crippen LogP contribution in [0.5, 0.6) is 0 Å². The van der Waals surface area contributed by atoms with E-state index in [0.717, 1.165) is 12.8 Å². The molecule has 0 aromatic rings. The number of hydrogen-bond acceptors (Lipinski definition) is 2. The van der Waals surface area contributed by atoms with Gasteiger partial charge in [-0.15, -0.1) is 0 Å². The highest BCUT2D eigenvalue weighted by atomic mass is 31.1. The van der Waals surface area contributed by atoms with E-state index in [-0.39, 0.29) is 8.15 Å². The molecule has 0 fully saturated rings. The first-order valence-corrected chi connectivity index (χ1v) is 4.52.